The fourth-order valence-electron chi connectivity index (χ4n) is 3.31. The van der Waals surface area contributed by atoms with E-state index in [1.54, 1.807) is 19.1 Å². The van der Waals surface area contributed by atoms with Crippen molar-refractivity contribution in [2.24, 2.45) is 0 Å². The second-order valence-corrected chi connectivity index (χ2v) is 8.46. The molecule has 2 heterocycles. The summed E-state index contributed by atoms with van der Waals surface area (Å²) in [4.78, 5) is 12.5. The Labute approximate surface area is 154 Å². The number of ether oxygens (including phenoxy) is 2. The number of nitrogens with one attached hydrogen (secondary N) is 1. The summed E-state index contributed by atoms with van der Waals surface area (Å²) in [5.41, 5.74) is 0.309. The smallest absolute Gasteiger partial charge is 0.251 e. The Hall–Kier alpha value is -1.64. The van der Waals surface area contributed by atoms with Gasteiger partial charge in [-0.25, -0.2) is 8.42 Å². The Balaban J connectivity index is 1.82. The van der Waals surface area contributed by atoms with Gasteiger partial charge in [0.25, 0.3) is 5.91 Å². The SMILES string of the molecule is CCOc1ccc(C(=O)NC[C@@H]2CCCO2)cc1S(=O)(=O)N1CCCC1. The van der Waals surface area contributed by atoms with E-state index >= 15 is 0 Å². The van der Waals surface area contributed by atoms with Gasteiger partial charge in [0, 0.05) is 31.8 Å². The molecular weight excluding hydrogens is 356 g/mol. The summed E-state index contributed by atoms with van der Waals surface area (Å²) in [6, 6.07) is 4.58. The molecule has 7 nitrogen and oxygen atoms in total. The van der Waals surface area contributed by atoms with Crippen LogP contribution >= 0.6 is 0 Å². The van der Waals surface area contributed by atoms with Crippen LogP contribution in [0, 0.1) is 0 Å². The van der Waals surface area contributed by atoms with Crippen molar-refractivity contribution in [3.63, 3.8) is 0 Å². The molecule has 2 saturated heterocycles. The van der Waals surface area contributed by atoms with Gasteiger partial charge in [-0.15, -0.1) is 0 Å². The van der Waals surface area contributed by atoms with E-state index in [1.807, 2.05) is 0 Å². The Bertz CT molecular complexity index is 738. The summed E-state index contributed by atoms with van der Waals surface area (Å²) in [5.74, 6) is -0.0171. The number of hydrogen-bond acceptors (Lipinski definition) is 5. The fourth-order valence-corrected chi connectivity index (χ4v) is 4.98. The number of carbonyl (C=O) groups excluding carboxylic acids is 1. The van der Waals surface area contributed by atoms with Gasteiger partial charge in [0.05, 0.1) is 12.7 Å². The Kier molecular flexibility index (Phi) is 6.16. The van der Waals surface area contributed by atoms with Crippen molar-refractivity contribution in [1.82, 2.24) is 9.62 Å². The summed E-state index contributed by atoms with van der Waals surface area (Å²) < 4.78 is 38.4. The van der Waals surface area contributed by atoms with Crippen LogP contribution in [0.15, 0.2) is 23.1 Å². The van der Waals surface area contributed by atoms with Crippen molar-refractivity contribution in [2.75, 3.05) is 32.8 Å². The van der Waals surface area contributed by atoms with Gasteiger partial charge in [0.15, 0.2) is 0 Å². The van der Waals surface area contributed by atoms with Crippen LogP contribution in [0.5, 0.6) is 5.75 Å². The molecule has 0 spiro atoms. The van der Waals surface area contributed by atoms with E-state index in [4.69, 9.17) is 9.47 Å². The zero-order valence-electron chi connectivity index (χ0n) is 15.1. The molecule has 1 amide bonds. The molecule has 1 atom stereocenters. The number of carbonyl (C=O) groups is 1. The maximum atomic E-state index is 13.0. The van der Waals surface area contributed by atoms with Crippen molar-refractivity contribution in [3.05, 3.63) is 23.8 Å². The van der Waals surface area contributed by atoms with Crippen LogP contribution in [0.25, 0.3) is 0 Å². The van der Waals surface area contributed by atoms with Gasteiger partial charge in [-0.1, -0.05) is 0 Å². The monoisotopic (exact) mass is 382 g/mol. The van der Waals surface area contributed by atoms with Gasteiger partial charge < -0.3 is 14.8 Å². The summed E-state index contributed by atoms with van der Waals surface area (Å²) in [6.45, 7) is 4.32. The predicted octanol–water partition coefficient (Wildman–Crippen LogP) is 1.78. The minimum Gasteiger partial charge on any atom is -0.492 e. The molecule has 1 aromatic rings. The molecule has 0 radical (unpaired) electrons. The summed E-state index contributed by atoms with van der Waals surface area (Å²) in [7, 11) is -3.67. The van der Waals surface area contributed by atoms with E-state index in [2.05, 4.69) is 5.32 Å². The lowest BCUT2D eigenvalue weighted by Crippen LogP contribution is -2.32. The molecule has 8 heteroatoms. The molecule has 3 rings (SSSR count). The van der Waals surface area contributed by atoms with Crippen molar-refractivity contribution >= 4 is 15.9 Å². The minimum absolute atomic E-state index is 0.0365. The van der Waals surface area contributed by atoms with Crippen LogP contribution < -0.4 is 10.1 Å². The topological polar surface area (TPSA) is 84.9 Å². The van der Waals surface area contributed by atoms with Crippen molar-refractivity contribution in [3.8, 4) is 5.75 Å². The molecule has 1 aromatic carbocycles. The molecule has 1 N–H and O–H groups in total. The first kappa shape index (κ1) is 19.1. The van der Waals surface area contributed by atoms with E-state index in [9.17, 15) is 13.2 Å². The Morgan fingerprint density at radius 1 is 1.31 bits per heavy atom. The maximum Gasteiger partial charge on any atom is 0.251 e. The van der Waals surface area contributed by atoms with E-state index in [1.165, 1.54) is 10.4 Å². The van der Waals surface area contributed by atoms with Crippen LogP contribution in [0.3, 0.4) is 0 Å². The fraction of sp³-hybridized carbons (Fsp3) is 0.611. The molecule has 26 heavy (non-hydrogen) atoms. The van der Waals surface area contributed by atoms with Crippen molar-refractivity contribution < 1.29 is 22.7 Å². The first-order valence-corrected chi connectivity index (χ1v) is 10.6. The number of rotatable bonds is 7. The van der Waals surface area contributed by atoms with Gasteiger partial charge >= 0.3 is 0 Å². The molecule has 0 aromatic heterocycles. The standard InChI is InChI=1S/C18H26N2O5S/c1-2-24-16-8-7-14(18(21)19-13-15-6-5-11-25-15)12-17(16)26(22,23)20-9-3-4-10-20/h7-8,12,15H,2-6,9-11,13H2,1H3,(H,19,21)/t15-/m0/s1. The van der Waals surface area contributed by atoms with Gasteiger partial charge in [-0.2, -0.15) is 4.31 Å². The second-order valence-electron chi connectivity index (χ2n) is 6.55. The molecule has 0 aliphatic carbocycles. The number of amides is 1. The molecule has 2 fully saturated rings. The molecule has 0 unspecified atom stereocenters. The molecular formula is C18H26N2O5S. The van der Waals surface area contributed by atoms with Gasteiger partial charge in [-0.05, 0) is 50.8 Å². The zero-order valence-corrected chi connectivity index (χ0v) is 15.9. The highest BCUT2D eigenvalue weighted by molar-refractivity contribution is 7.89. The highest BCUT2D eigenvalue weighted by Gasteiger charge is 2.31. The van der Waals surface area contributed by atoms with Crippen LogP contribution in [0.2, 0.25) is 0 Å². The average molecular weight is 382 g/mol. The van der Waals surface area contributed by atoms with E-state index in [-0.39, 0.29) is 22.7 Å². The number of nitrogens with zero attached hydrogens (tertiary/aromatic N) is 1. The summed E-state index contributed by atoms with van der Waals surface area (Å²) in [5, 5.41) is 2.83. The third-order valence-electron chi connectivity index (χ3n) is 4.70. The van der Waals surface area contributed by atoms with Crippen molar-refractivity contribution in [2.45, 2.75) is 43.6 Å². The molecule has 144 valence electrons. The Morgan fingerprint density at radius 2 is 2.08 bits per heavy atom. The quantitative estimate of drug-likeness (QED) is 0.777. The van der Waals surface area contributed by atoms with Crippen LogP contribution in [0.1, 0.15) is 43.0 Å². The van der Waals surface area contributed by atoms with Crippen LogP contribution in [-0.2, 0) is 14.8 Å². The predicted molar refractivity (Wildman–Crippen MR) is 96.9 cm³/mol. The molecule has 0 bridgehead atoms. The first-order chi connectivity index (χ1) is 12.5. The van der Waals surface area contributed by atoms with Crippen molar-refractivity contribution in [1.29, 1.82) is 0 Å². The second kappa shape index (κ2) is 8.37. The molecule has 2 aliphatic rings. The lowest BCUT2D eigenvalue weighted by molar-refractivity contribution is 0.0857. The number of benzene rings is 1. The highest BCUT2D eigenvalue weighted by atomic mass is 32.2. The van der Waals surface area contributed by atoms with Crippen LogP contribution in [-0.4, -0.2) is 57.6 Å². The lowest BCUT2D eigenvalue weighted by Gasteiger charge is -2.19. The third-order valence-corrected chi connectivity index (χ3v) is 6.62. The molecule has 2 aliphatic heterocycles. The van der Waals surface area contributed by atoms with Gasteiger partial charge in [0.2, 0.25) is 10.0 Å². The van der Waals surface area contributed by atoms with Gasteiger partial charge in [0.1, 0.15) is 10.6 Å². The number of sulfonamides is 1. The van der Waals surface area contributed by atoms with E-state index in [0.29, 0.717) is 31.8 Å². The summed E-state index contributed by atoms with van der Waals surface area (Å²) >= 11 is 0. The first-order valence-electron chi connectivity index (χ1n) is 9.19. The third kappa shape index (κ3) is 4.19. The highest BCUT2D eigenvalue weighted by Crippen LogP contribution is 2.30. The van der Waals surface area contributed by atoms with E-state index in [0.717, 1.165) is 32.3 Å². The minimum atomic E-state index is -3.67. The normalized spacial score (nSPS) is 21.0. The largest absolute Gasteiger partial charge is 0.492 e. The lowest BCUT2D eigenvalue weighted by atomic mass is 10.2. The van der Waals surface area contributed by atoms with Crippen LogP contribution in [0.4, 0.5) is 0 Å². The molecule has 0 saturated carbocycles. The zero-order chi connectivity index (χ0) is 18.6. The average Bonchev–Trinajstić information content (AvgIpc) is 3.34. The van der Waals surface area contributed by atoms with E-state index < -0.39 is 10.0 Å². The number of hydrogen-bond donors (Lipinski definition) is 1. The van der Waals surface area contributed by atoms with Gasteiger partial charge in [-0.3, -0.25) is 4.79 Å². The maximum absolute atomic E-state index is 13.0. The summed E-state index contributed by atoms with van der Waals surface area (Å²) in [6.07, 6.45) is 3.67. The Morgan fingerprint density at radius 3 is 2.73 bits per heavy atom.